The monoisotopic (exact) mass is 514 g/mol. The smallest absolute Gasteiger partial charge is 0.160 e. The lowest BCUT2D eigenvalue weighted by Crippen LogP contribution is -2.28. The normalized spacial score (nSPS) is 14.1. The Morgan fingerprint density at radius 2 is 1.30 bits per heavy atom. The summed E-state index contributed by atoms with van der Waals surface area (Å²) >= 11 is 0. The van der Waals surface area contributed by atoms with Gasteiger partial charge in [-0.1, -0.05) is 128 Å². The molecule has 0 aliphatic carbocycles. The summed E-state index contributed by atoms with van der Waals surface area (Å²) in [5, 5.41) is 0. The summed E-state index contributed by atoms with van der Waals surface area (Å²) in [6, 6.07) is 9.13. The van der Waals surface area contributed by atoms with E-state index in [0.717, 1.165) is 32.5 Å². The second-order valence-corrected chi connectivity index (χ2v) is 12.1. The van der Waals surface area contributed by atoms with E-state index in [9.17, 15) is 0 Å². The topological polar surface area (TPSA) is 18.5 Å². The zero-order chi connectivity index (χ0) is 27.3. The molecule has 0 saturated carbocycles. The van der Waals surface area contributed by atoms with E-state index in [-0.39, 0.29) is 6.29 Å². The van der Waals surface area contributed by atoms with Crippen LogP contribution < -0.4 is 0 Å². The fourth-order valence-electron chi connectivity index (χ4n) is 4.86. The molecule has 37 heavy (non-hydrogen) atoms. The number of unbranched alkanes of at least 4 members (excludes halogenated alkanes) is 9. The molecule has 0 radical (unpaired) electrons. The summed E-state index contributed by atoms with van der Waals surface area (Å²) in [6.45, 7) is 17.4. The van der Waals surface area contributed by atoms with Crippen molar-refractivity contribution in [2.24, 2.45) is 11.8 Å². The molecule has 0 fully saturated rings. The number of benzene rings is 1. The first-order valence-electron chi connectivity index (χ1n) is 15.8. The average molecular weight is 515 g/mol. The Hall–Kier alpha value is -1.12. The molecule has 0 N–H and O–H groups in total. The number of allylic oxidation sites excluding steroid dienone is 2. The standard InChI is InChI=1S/C35H62O2/c1-8-9-10-11-12-13-14-15-16-17-26-36-35(37-27-25-31(6)20-18-19-29(2)3)32(7)28-33-21-23-34(24-22-33)30(4)5/h19,21-24,30-32,35H,8-18,20,25-28H2,1-7H3. The van der Waals surface area contributed by atoms with Gasteiger partial charge in [-0.15, -0.1) is 0 Å². The molecular formula is C35H62O2. The molecule has 3 unspecified atom stereocenters. The SMILES string of the molecule is CCCCCCCCCCCCOC(OCCC(C)CCC=C(C)C)C(C)Cc1ccc(C(C)C)cc1. The molecule has 0 aliphatic rings. The molecule has 2 nitrogen and oxygen atoms in total. The van der Waals surface area contributed by atoms with Crippen molar-refractivity contribution in [2.45, 2.75) is 151 Å². The minimum Gasteiger partial charge on any atom is -0.352 e. The van der Waals surface area contributed by atoms with Crippen LogP contribution in [-0.4, -0.2) is 19.5 Å². The minimum absolute atomic E-state index is 0.117. The molecule has 2 heteroatoms. The van der Waals surface area contributed by atoms with Crippen molar-refractivity contribution in [3.8, 4) is 0 Å². The van der Waals surface area contributed by atoms with Crippen LogP contribution in [0.1, 0.15) is 149 Å². The van der Waals surface area contributed by atoms with Crippen LogP contribution in [0.2, 0.25) is 0 Å². The minimum atomic E-state index is -0.117. The third kappa shape index (κ3) is 17.9. The second kappa shape index (κ2) is 21.8. The first-order chi connectivity index (χ1) is 17.8. The number of hydrogen-bond acceptors (Lipinski definition) is 2. The molecule has 0 saturated heterocycles. The molecule has 0 aromatic heterocycles. The lowest BCUT2D eigenvalue weighted by molar-refractivity contribution is -0.171. The van der Waals surface area contributed by atoms with E-state index in [1.54, 1.807) is 0 Å². The van der Waals surface area contributed by atoms with Gasteiger partial charge in [-0.05, 0) is 68.9 Å². The van der Waals surface area contributed by atoms with Crippen LogP contribution >= 0.6 is 0 Å². The molecule has 0 heterocycles. The van der Waals surface area contributed by atoms with Crippen LogP contribution in [0.5, 0.6) is 0 Å². The molecule has 3 atom stereocenters. The van der Waals surface area contributed by atoms with Gasteiger partial charge in [0.1, 0.15) is 0 Å². The van der Waals surface area contributed by atoms with Crippen molar-refractivity contribution in [3.05, 3.63) is 47.0 Å². The van der Waals surface area contributed by atoms with E-state index in [1.807, 2.05) is 0 Å². The highest BCUT2D eigenvalue weighted by Gasteiger charge is 2.20. The second-order valence-electron chi connectivity index (χ2n) is 12.1. The Bertz CT molecular complexity index is 671. The molecule has 0 bridgehead atoms. The summed E-state index contributed by atoms with van der Waals surface area (Å²) in [7, 11) is 0. The quantitative estimate of drug-likeness (QED) is 0.0821. The van der Waals surface area contributed by atoms with Crippen LogP contribution in [-0.2, 0) is 15.9 Å². The third-order valence-corrected chi connectivity index (χ3v) is 7.55. The fraction of sp³-hybridized carbons (Fsp3) is 0.771. The van der Waals surface area contributed by atoms with E-state index in [0.29, 0.717) is 17.8 Å². The largest absolute Gasteiger partial charge is 0.352 e. The van der Waals surface area contributed by atoms with Crippen molar-refractivity contribution >= 4 is 0 Å². The Labute approximate surface area is 232 Å². The van der Waals surface area contributed by atoms with Crippen molar-refractivity contribution in [3.63, 3.8) is 0 Å². The van der Waals surface area contributed by atoms with Gasteiger partial charge in [-0.2, -0.15) is 0 Å². The molecule has 1 rings (SSSR count). The van der Waals surface area contributed by atoms with Crippen LogP contribution in [0, 0.1) is 11.8 Å². The van der Waals surface area contributed by atoms with Crippen molar-refractivity contribution in [1.29, 1.82) is 0 Å². The summed E-state index contributed by atoms with van der Waals surface area (Å²) < 4.78 is 12.8. The molecule has 0 amide bonds. The van der Waals surface area contributed by atoms with Crippen molar-refractivity contribution in [2.75, 3.05) is 13.2 Å². The predicted molar refractivity (Wildman–Crippen MR) is 163 cm³/mol. The lowest BCUT2D eigenvalue weighted by Gasteiger charge is -2.26. The van der Waals surface area contributed by atoms with E-state index in [2.05, 4.69) is 78.8 Å². The average Bonchev–Trinajstić information content (AvgIpc) is 2.86. The Kier molecular flexibility index (Phi) is 20.0. The van der Waals surface area contributed by atoms with Gasteiger partial charge in [-0.25, -0.2) is 0 Å². The number of hydrogen-bond donors (Lipinski definition) is 0. The molecule has 0 aliphatic heterocycles. The van der Waals surface area contributed by atoms with Gasteiger partial charge in [-0.3, -0.25) is 0 Å². The van der Waals surface area contributed by atoms with Crippen LogP contribution in [0.15, 0.2) is 35.9 Å². The zero-order valence-electron chi connectivity index (χ0n) is 25.8. The predicted octanol–water partition coefficient (Wildman–Crippen LogP) is 11.0. The van der Waals surface area contributed by atoms with Gasteiger partial charge in [0.2, 0.25) is 0 Å². The highest BCUT2D eigenvalue weighted by Crippen LogP contribution is 2.21. The Morgan fingerprint density at radius 1 is 0.730 bits per heavy atom. The van der Waals surface area contributed by atoms with E-state index in [1.165, 1.54) is 87.3 Å². The maximum Gasteiger partial charge on any atom is 0.160 e. The van der Waals surface area contributed by atoms with E-state index >= 15 is 0 Å². The maximum absolute atomic E-state index is 6.39. The van der Waals surface area contributed by atoms with E-state index < -0.39 is 0 Å². The molecule has 0 spiro atoms. The Balaban J connectivity index is 2.44. The highest BCUT2D eigenvalue weighted by atomic mass is 16.7. The van der Waals surface area contributed by atoms with Crippen LogP contribution in [0.25, 0.3) is 0 Å². The third-order valence-electron chi connectivity index (χ3n) is 7.55. The fourth-order valence-corrected chi connectivity index (χ4v) is 4.86. The lowest BCUT2D eigenvalue weighted by atomic mass is 9.96. The van der Waals surface area contributed by atoms with Crippen LogP contribution in [0.3, 0.4) is 0 Å². The van der Waals surface area contributed by atoms with E-state index in [4.69, 9.17) is 9.47 Å². The van der Waals surface area contributed by atoms with Gasteiger partial charge in [0.25, 0.3) is 0 Å². The first kappa shape index (κ1) is 33.9. The van der Waals surface area contributed by atoms with Gasteiger partial charge in [0.05, 0.1) is 0 Å². The first-order valence-corrected chi connectivity index (χ1v) is 15.8. The summed E-state index contributed by atoms with van der Waals surface area (Å²) in [6.07, 6.45) is 20.2. The summed E-state index contributed by atoms with van der Waals surface area (Å²) in [5.74, 6) is 1.59. The Morgan fingerprint density at radius 3 is 1.86 bits per heavy atom. The van der Waals surface area contributed by atoms with Crippen molar-refractivity contribution in [1.82, 2.24) is 0 Å². The van der Waals surface area contributed by atoms with Gasteiger partial charge < -0.3 is 9.47 Å². The highest BCUT2D eigenvalue weighted by molar-refractivity contribution is 5.25. The van der Waals surface area contributed by atoms with Gasteiger partial charge in [0, 0.05) is 19.1 Å². The molecule has 1 aromatic rings. The van der Waals surface area contributed by atoms with Gasteiger partial charge in [0.15, 0.2) is 6.29 Å². The van der Waals surface area contributed by atoms with Crippen LogP contribution in [0.4, 0.5) is 0 Å². The maximum atomic E-state index is 6.39. The summed E-state index contributed by atoms with van der Waals surface area (Å²) in [4.78, 5) is 0. The number of ether oxygens (including phenoxy) is 2. The molecular weight excluding hydrogens is 452 g/mol. The zero-order valence-corrected chi connectivity index (χ0v) is 25.8. The molecule has 214 valence electrons. The molecule has 1 aromatic carbocycles. The summed E-state index contributed by atoms with van der Waals surface area (Å²) in [5.41, 5.74) is 4.20. The number of rotatable bonds is 23. The van der Waals surface area contributed by atoms with Gasteiger partial charge >= 0.3 is 0 Å². The van der Waals surface area contributed by atoms with Crippen molar-refractivity contribution < 1.29 is 9.47 Å².